The topological polar surface area (TPSA) is 107 Å². The molecule has 1 fully saturated rings. The molecule has 1 aliphatic heterocycles. The highest BCUT2D eigenvalue weighted by Gasteiger charge is 2.48. The van der Waals surface area contributed by atoms with E-state index in [4.69, 9.17) is 18.9 Å². The Hall–Kier alpha value is -4.57. The standard InChI is InChI=1S/C30H28N2O7S/c1-5-38-20-9-7-8-18(14-20)27(33)25-26(17-10-13-22(39-6-2)23(15-17)37-4)32(29(35)28(25)34)30-31-21-12-11-19(36-3)16-24(21)40-30/h7-16,26,33H,5-6H2,1-4H3. The average Bonchev–Trinajstić information content (AvgIpc) is 3.50. The Bertz CT molecular complexity index is 1630. The quantitative estimate of drug-likeness (QED) is 0.157. The van der Waals surface area contributed by atoms with Gasteiger partial charge in [-0.05, 0) is 61.9 Å². The Morgan fingerprint density at radius 2 is 1.73 bits per heavy atom. The van der Waals surface area contributed by atoms with Gasteiger partial charge in [-0.1, -0.05) is 29.5 Å². The third kappa shape index (κ3) is 4.82. The second-order valence-electron chi connectivity index (χ2n) is 8.80. The third-order valence-corrected chi connectivity index (χ3v) is 7.47. The lowest BCUT2D eigenvalue weighted by molar-refractivity contribution is -0.132. The Morgan fingerprint density at radius 1 is 0.925 bits per heavy atom. The number of hydrogen-bond acceptors (Lipinski definition) is 9. The largest absolute Gasteiger partial charge is 0.507 e. The minimum atomic E-state index is -0.984. The van der Waals surface area contributed by atoms with Crippen molar-refractivity contribution in [1.82, 2.24) is 4.98 Å². The number of aromatic nitrogens is 1. The lowest BCUT2D eigenvalue weighted by Gasteiger charge is -2.24. The first-order valence-corrected chi connectivity index (χ1v) is 13.5. The first kappa shape index (κ1) is 27.0. The van der Waals surface area contributed by atoms with Crippen molar-refractivity contribution in [2.45, 2.75) is 19.9 Å². The highest BCUT2D eigenvalue weighted by atomic mass is 32.1. The normalized spacial score (nSPS) is 16.4. The fourth-order valence-electron chi connectivity index (χ4n) is 4.65. The summed E-state index contributed by atoms with van der Waals surface area (Å²) in [5, 5.41) is 11.8. The predicted octanol–water partition coefficient (Wildman–Crippen LogP) is 5.74. The number of fused-ring (bicyclic) bond motifs is 1. The van der Waals surface area contributed by atoms with Crippen LogP contribution in [0.4, 0.5) is 5.13 Å². The number of nitrogens with zero attached hydrogens (tertiary/aromatic N) is 2. The van der Waals surface area contributed by atoms with Gasteiger partial charge in [-0.2, -0.15) is 0 Å². The Labute approximate surface area is 235 Å². The van der Waals surface area contributed by atoms with Crippen molar-refractivity contribution < 1.29 is 33.6 Å². The zero-order chi connectivity index (χ0) is 28.4. The molecular formula is C30H28N2O7S. The van der Waals surface area contributed by atoms with Crippen LogP contribution in [0.1, 0.15) is 31.0 Å². The van der Waals surface area contributed by atoms with Crippen molar-refractivity contribution in [2.75, 3.05) is 32.3 Å². The van der Waals surface area contributed by atoms with Gasteiger partial charge in [0.15, 0.2) is 16.6 Å². The van der Waals surface area contributed by atoms with E-state index in [1.807, 2.05) is 19.9 Å². The molecule has 0 bridgehead atoms. The summed E-state index contributed by atoms with van der Waals surface area (Å²) in [6.45, 7) is 4.58. The lowest BCUT2D eigenvalue weighted by Crippen LogP contribution is -2.29. The number of methoxy groups -OCH3 is 2. The van der Waals surface area contributed by atoms with Crippen LogP contribution in [0.2, 0.25) is 0 Å². The van der Waals surface area contributed by atoms with E-state index in [0.717, 1.165) is 4.70 Å². The number of anilines is 1. The number of Topliss-reactive ketones (excluding diaryl/α,β-unsaturated/α-hetero) is 1. The minimum absolute atomic E-state index is 0.0679. The van der Waals surface area contributed by atoms with Crippen LogP contribution < -0.4 is 23.8 Å². The predicted molar refractivity (Wildman–Crippen MR) is 153 cm³/mol. The van der Waals surface area contributed by atoms with Gasteiger partial charge in [0, 0.05) is 5.56 Å². The van der Waals surface area contributed by atoms with Gasteiger partial charge in [-0.25, -0.2) is 4.98 Å². The summed E-state index contributed by atoms with van der Waals surface area (Å²) in [5.74, 6) is 0.176. The molecule has 0 radical (unpaired) electrons. The minimum Gasteiger partial charge on any atom is -0.507 e. The maximum Gasteiger partial charge on any atom is 0.301 e. The van der Waals surface area contributed by atoms with Crippen molar-refractivity contribution in [3.63, 3.8) is 0 Å². The van der Waals surface area contributed by atoms with Crippen LogP contribution in [0, 0.1) is 0 Å². The molecule has 4 aromatic rings. The number of benzene rings is 3. The fourth-order valence-corrected chi connectivity index (χ4v) is 5.67. The van der Waals surface area contributed by atoms with Crippen molar-refractivity contribution in [3.8, 4) is 23.0 Å². The molecule has 40 heavy (non-hydrogen) atoms. The second kappa shape index (κ2) is 11.3. The number of ketones is 1. The van der Waals surface area contributed by atoms with E-state index in [9.17, 15) is 14.7 Å². The van der Waals surface area contributed by atoms with Crippen LogP contribution in [0.15, 0.2) is 66.2 Å². The molecule has 0 saturated carbocycles. The first-order valence-electron chi connectivity index (χ1n) is 12.7. The summed E-state index contributed by atoms with van der Waals surface area (Å²) in [4.78, 5) is 33.2. The number of carbonyl (C=O) groups excluding carboxylic acids is 2. The van der Waals surface area contributed by atoms with Crippen molar-refractivity contribution in [3.05, 3.63) is 77.4 Å². The lowest BCUT2D eigenvalue weighted by atomic mass is 9.95. The zero-order valence-corrected chi connectivity index (χ0v) is 23.3. The van der Waals surface area contributed by atoms with Gasteiger partial charge in [-0.3, -0.25) is 14.5 Å². The Kier molecular flexibility index (Phi) is 7.61. The average molecular weight is 561 g/mol. The number of rotatable bonds is 9. The van der Waals surface area contributed by atoms with Crippen LogP contribution in [-0.2, 0) is 9.59 Å². The van der Waals surface area contributed by atoms with Crippen molar-refractivity contribution >= 4 is 44.1 Å². The smallest absolute Gasteiger partial charge is 0.301 e. The molecule has 9 nitrogen and oxygen atoms in total. The number of amides is 1. The molecule has 3 aromatic carbocycles. The van der Waals surface area contributed by atoms with Crippen LogP contribution in [0.25, 0.3) is 16.0 Å². The van der Waals surface area contributed by atoms with Gasteiger partial charge >= 0.3 is 5.91 Å². The van der Waals surface area contributed by atoms with Crippen LogP contribution >= 0.6 is 11.3 Å². The summed E-state index contributed by atoms with van der Waals surface area (Å²) in [6.07, 6.45) is 0. The second-order valence-corrected chi connectivity index (χ2v) is 9.81. The molecule has 1 aliphatic rings. The van der Waals surface area contributed by atoms with E-state index in [0.29, 0.717) is 58.0 Å². The van der Waals surface area contributed by atoms with E-state index >= 15 is 0 Å². The highest BCUT2D eigenvalue weighted by molar-refractivity contribution is 7.22. The summed E-state index contributed by atoms with van der Waals surface area (Å²) in [7, 11) is 3.08. The van der Waals surface area contributed by atoms with E-state index in [1.165, 1.54) is 23.3 Å². The number of aliphatic hydroxyl groups is 1. The highest BCUT2D eigenvalue weighted by Crippen LogP contribution is 2.46. The number of thiazole rings is 1. The zero-order valence-electron chi connectivity index (χ0n) is 22.5. The molecule has 0 spiro atoms. The number of hydrogen-bond donors (Lipinski definition) is 1. The molecule has 1 atom stereocenters. The summed E-state index contributed by atoms with van der Waals surface area (Å²) in [5.41, 5.74) is 1.47. The van der Waals surface area contributed by atoms with Gasteiger partial charge in [0.1, 0.15) is 17.3 Å². The monoisotopic (exact) mass is 560 g/mol. The van der Waals surface area contributed by atoms with E-state index in [-0.39, 0.29) is 11.3 Å². The Morgan fingerprint density at radius 3 is 2.45 bits per heavy atom. The SMILES string of the molecule is CCOc1cccc(C(O)=C2C(=O)C(=O)N(c3nc4ccc(OC)cc4s3)C2c2ccc(OCC)c(OC)c2)c1. The Balaban J connectivity index is 1.72. The van der Waals surface area contributed by atoms with Crippen molar-refractivity contribution in [2.24, 2.45) is 0 Å². The van der Waals surface area contributed by atoms with Gasteiger partial charge in [0.05, 0.1) is 49.3 Å². The molecule has 2 heterocycles. The summed E-state index contributed by atoms with van der Waals surface area (Å²) < 4.78 is 22.9. The third-order valence-electron chi connectivity index (χ3n) is 6.46. The molecule has 10 heteroatoms. The molecule has 1 aromatic heterocycles. The van der Waals surface area contributed by atoms with Gasteiger partial charge in [0.2, 0.25) is 0 Å². The van der Waals surface area contributed by atoms with E-state index < -0.39 is 17.7 Å². The fraction of sp³-hybridized carbons (Fsp3) is 0.233. The maximum absolute atomic E-state index is 13.6. The van der Waals surface area contributed by atoms with Crippen LogP contribution in [0.5, 0.6) is 23.0 Å². The molecule has 1 amide bonds. The van der Waals surface area contributed by atoms with Crippen LogP contribution in [-0.4, -0.2) is 49.2 Å². The molecule has 1 N–H and O–H groups in total. The molecule has 1 saturated heterocycles. The maximum atomic E-state index is 13.6. The molecule has 206 valence electrons. The molecule has 5 rings (SSSR count). The molecular weight excluding hydrogens is 532 g/mol. The van der Waals surface area contributed by atoms with Gasteiger partial charge < -0.3 is 24.1 Å². The molecule has 1 unspecified atom stereocenters. The summed E-state index contributed by atoms with van der Waals surface area (Å²) >= 11 is 1.25. The number of ether oxygens (including phenoxy) is 4. The van der Waals surface area contributed by atoms with Crippen LogP contribution in [0.3, 0.4) is 0 Å². The van der Waals surface area contributed by atoms with E-state index in [1.54, 1.807) is 61.7 Å². The van der Waals surface area contributed by atoms with Gasteiger partial charge in [0.25, 0.3) is 5.78 Å². The number of carbonyl (C=O) groups is 2. The van der Waals surface area contributed by atoms with Gasteiger partial charge in [-0.15, -0.1) is 0 Å². The van der Waals surface area contributed by atoms with E-state index in [2.05, 4.69) is 4.98 Å². The van der Waals surface area contributed by atoms with Crippen molar-refractivity contribution in [1.29, 1.82) is 0 Å². The summed E-state index contributed by atoms with van der Waals surface area (Å²) in [6, 6.07) is 16.3. The molecule has 0 aliphatic carbocycles. The first-order chi connectivity index (χ1) is 19.4. The number of aliphatic hydroxyl groups excluding tert-OH is 1.